The normalized spacial score (nSPS) is 10.2. The second-order valence-corrected chi connectivity index (χ2v) is 6.02. The summed E-state index contributed by atoms with van der Waals surface area (Å²) >= 11 is 0. The Labute approximate surface area is 169 Å². The van der Waals surface area contributed by atoms with Gasteiger partial charge in [0.1, 0.15) is 5.75 Å². The van der Waals surface area contributed by atoms with Crippen molar-refractivity contribution < 1.29 is 14.1 Å². The van der Waals surface area contributed by atoms with Crippen LogP contribution in [0.3, 0.4) is 0 Å². The Balaban J connectivity index is 0.00000280. The van der Waals surface area contributed by atoms with E-state index in [0.717, 1.165) is 17.7 Å². The van der Waals surface area contributed by atoms with Gasteiger partial charge in [-0.3, -0.25) is 4.79 Å². The van der Waals surface area contributed by atoms with Crippen LogP contribution in [0.4, 0.5) is 5.69 Å². The molecular formula is C20H23ClN4O3. The molecule has 1 amide bonds. The first-order valence-corrected chi connectivity index (χ1v) is 8.81. The number of halogens is 1. The Kier molecular flexibility index (Phi) is 7.83. The number of amides is 1. The molecular weight excluding hydrogens is 380 g/mol. The lowest BCUT2D eigenvalue weighted by Gasteiger charge is -2.07. The molecule has 3 aromatic rings. The second-order valence-electron chi connectivity index (χ2n) is 6.02. The van der Waals surface area contributed by atoms with Gasteiger partial charge in [0.15, 0.2) is 6.61 Å². The lowest BCUT2D eigenvalue weighted by Crippen LogP contribution is -2.25. The number of nitrogens with zero attached hydrogens (tertiary/aromatic N) is 2. The summed E-state index contributed by atoms with van der Waals surface area (Å²) in [6, 6.07) is 14.6. The summed E-state index contributed by atoms with van der Waals surface area (Å²) in [5.41, 5.74) is 8.10. The first kappa shape index (κ1) is 21.2. The van der Waals surface area contributed by atoms with E-state index in [-0.39, 0.29) is 24.9 Å². The van der Waals surface area contributed by atoms with Gasteiger partial charge in [-0.25, -0.2) is 0 Å². The number of aryl methyl sites for hydroxylation is 1. The lowest BCUT2D eigenvalue weighted by molar-refractivity contribution is 0.0954. The quantitative estimate of drug-likeness (QED) is 0.561. The molecule has 0 aliphatic heterocycles. The van der Waals surface area contributed by atoms with Gasteiger partial charge in [-0.05, 0) is 48.4 Å². The van der Waals surface area contributed by atoms with Crippen molar-refractivity contribution in [3.8, 4) is 5.75 Å². The molecule has 2 aromatic carbocycles. The number of nitrogens with two attached hydrogens (primary N) is 1. The molecule has 3 rings (SSSR count). The largest absolute Gasteiger partial charge is 0.485 e. The van der Waals surface area contributed by atoms with Gasteiger partial charge >= 0.3 is 0 Å². The van der Waals surface area contributed by atoms with Crippen molar-refractivity contribution in [1.29, 1.82) is 0 Å². The number of benzene rings is 2. The molecule has 0 bridgehead atoms. The molecule has 0 saturated carbocycles. The molecule has 0 aliphatic rings. The van der Waals surface area contributed by atoms with Crippen LogP contribution >= 0.6 is 12.4 Å². The first-order valence-electron chi connectivity index (χ1n) is 8.81. The molecule has 1 heterocycles. The molecule has 0 aliphatic carbocycles. The fraction of sp³-hybridized carbons (Fsp3) is 0.250. The molecule has 0 radical (unpaired) electrons. The highest BCUT2D eigenvalue weighted by Gasteiger charge is 2.07. The summed E-state index contributed by atoms with van der Waals surface area (Å²) in [5, 5.41) is 6.73. The molecule has 0 fully saturated rings. The summed E-state index contributed by atoms with van der Waals surface area (Å²) in [4.78, 5) is 16.4. The predicted molar refractivity (Wildman–Crippen MR) is 109 cm³/mol. The van der Waals surface area contributed by atoms with Crippen LogP contribution < -0.4 is 15.8 Å². The molecule has 0 unspecified atom stereocenters. The Bertz CT molecular complexity index is 879. The zero-order chi connectivity index (χ0) is 19.1. The van der Waals surface area contributed by atoms with Gasteiger partial charge in [-0.2, -0.15) is 4.98 Å². The molecule has 148 valence electrons. The van der Waals surface area contributed by atoms with Crippen LogP contribution in [0.2, 0.25) is 0 Å². The van der Waals surface area contributed by atoms with Crippen LogP contribution in [0.15, 0.2) is 53.1 Å². The third kappa shape index (κ3) is 5.99. The number of hydrogen-bond acceptors (Lipinski definition) is 6. The van der Waals surface area contributed by atoms with Crippen molar-refractivity contribution in [1.82, 2.24) is 15.5 Å². The maximum Gasteiger partial charge on any atom is 0.251 e. The van der Waals surface area contributed by atoms with E-state index < -0.39 is 0 Å². The zero-order valence-electron chi connectivity index (χ0n) is 15.6. The molecule has 8 heteroatoms. The fourth-order valence-electron chi connectivity index (χ4n) is 2.45. The minimum atomic E-state index is -0.122. The number of nitrogens with one attached hydrogen (secondary N) is 1. The van der Waals surface area contributed by atoms with Gasteiger partial charge in [-0.1, -0.05) is 24.2 Å². The maximum atomic E-state index is 12.2. The summed E-state index contributed by atoms with van der Waals surface area (Å²) in [5.74, 6) is 1.59. The van der Waals surface area contributed by atoms with E-state index >= 15 is 0 Å². The van der Waals surface area contributed by atoms with E-state index in [9.17, 15) is 4.79 Å². The molecule has 1 aromatic heterocycles. The molecule has 7 nitrogen and oxygen atoms in total. The Morgan fingerprint density at radius 2 is 1.86 bits per heavy atom. The van der Waals surface area contributed by atoms with Crippen molar-refractivity contribution in [3.05, 3.63) is 71.4 Å². The van der Waals surface area contributed by atoms with Gasteiger partial charge in [0.25, 0.3) is 5.91 Å². The highest BCUT2D eigenvalue weighted by Crippen LogP contribution is 2.14. The first-order chi connectivity index (χ1) is 13.1. The van der Waals surface area contributed by atoms with Crippen molar-refractivity contribution in [3.63, 3.8) is 0 Å². The number of nitrogen functional groups attached to an aromatic ring is 1. The molecule has 0 saturated heterocycles. The van der Waals surface area contributed by atoms with Crippen LogP contribution in [0.5, 0.6) is 5.75 Å². The third-order valence-corrected chi connectivity index (χ3v) is 3.98. The average Bonchev–Trinajstić information content (AvgIpc) is 3.16. The number of rotatable bonds is 8. The van der Waals surface area contributed by atoms with Crippen LogP contribution in [-0.2, 0) is 19.4 Å². The van der Waals surface area contributed by atoms with Gasteiger partial charge < -0.3 is 20.3 Å². The van der Waals surface area contributed by atoms with E-state index in [0.29, 0.717) is 36.0 Å². The van der Waals surface area contributed by atoms with Gasteiger partial charge in [0, 0.05) is 24.2 Å². The number of carbonyl (C=O) groups excluding carboxylic acids is 1. The van der Waals surface area contributed by atoms with E-state index in [4.69, 9.17) is 15.0 Å². The molecule has 0 atom stereocenters. The second kappa shape index (κ2) is 10.3. The fourth-order valence-corrected chi connectivity index (χ4v) is 2.45. The smallest absolute Gasteiger partial charge is 0.251 e. The standard InChI is InChI=1S/C20H22N4O3.ClH/c1-2-19-23-18(24-27-19)13-26-17-9-5-15(6-10-17)20(25)22-12-11-14-3-7-16(21)8-4-14;/h3-10H,2,11-13,21H2,1H3,(H,22,25);1H. The topological polar surface area (TPSA) is 103 Å². The van der Waals surface area contributed by atoms with Crippen LogP contribution in [0.1, 0.15) is 34.6 Å². The van der Waals surface area contributed by atoms with Crippen molar-refractivity contribution in [2.45, 2.75) is 26.4 Å². The van der Waals surface area contributed by atoms with Crippen LogP contribution in [-0.4, -0.2) is 22.6 Å². The van der Waals surface area contributed by atoms with Gasteiger partial charge in [0.2, 0.25) is 11.7 Å². The Morgan fingerprint density at radius 1 is 1.14 bits per heavy atom. The van der Waals surface area contributed by atoms with Crippen molar-refractivity contribution in [2.75, 3.05) is 12.3 Å². The van der Waals surface area contributed by atoms with Gasteiger partial charge in [0.05, 0.1) is 0 Å². The Morgan fingerprint density at radius 3 is 2.50 bits per heavy atom. The molecule has 0 spiro atoms. The van der Waals surface area contributed by atoms with Crippen molar-refractivity contribution >= 4 is 24.0 Å². The summed E-state index contributed by atoms with van der Waals surface area (Å²) < 4.78 is 10.6. The molecule has 3 N–H and O–H groups in total. The summed E-state index contributed by atoms with van der Waals surface area (Å²) in [6.45, 7) is 2.72. The van der Waals surface area contributed by atoms with E-state index in [2.05, 4.69) is 15.5 Å². The summed E-state index contributed by atoms with van der Waals surface area (Å²) in [7, 11) is 0. The number of hydrogen-bond donors (Lipinski definition) is 2. The SMILES string of the molecule is CCc1nc(COc2ccc(C(=O)NCCc3ccc(N)cc3)cc2)no1.Cl. The predicted octanol–water partition coefficient (Wildman–Crippen LogP) is 3.19. The summed E-state index contributed by atoms with van der Waals surface area (Å²) in [6.07, 6.45) is 1.44. The number of aromatic nitrogens is 2. The van der Waals surface area contributed by atoms with E-state index in [1.165, 1.54) is 0 Å². The average molecular weight is 403 g/mol. The minimum absolute atomic E-state index is 0. The molecule has 28 heavy (non-hydrogen) atoms. The Hall–Kier alpha value is -3.06. The monoisotopic (exact) mass is 402 g/mol. The number of anilines is 1. The number of ether oxygens (including phenoxy) is 1. The van der Waals surface area contributed by atoms with Gasteiger partial charge in [-0.15, -0.1) is 12.4 Å². The van der Waals surface area contributed by atoms with Crippen LogP contribution in [0, 0.1) is 0 Å². The highest BCUT2D eigenvalue weighted by molar-refractivity contribution is 5.94. The zero-order valence-corrected chi connectivity index (χ0v) is 16.4. The minimum Gasteiger partial charge on any atom is -0.485 e. The highest BCUT2D eigenvalue weighted by atomic mass is 35.5. The third-order valence-electron chi connectivity index (χ3n) is 3.98. The van der Waals surface area contributed by atoms with E-state index in [1.54, 1.807) is 24.3 Å². The lowest BCUT2D eigenvalue weighted by atomic mass is 10.1. The maximum absolute atomic E-state index is 12.2. The van der Waals surface area contributed by atoms with Crippen LogP contribution in [0.25, 0.3) is 0 Å². The van der Waals surface area contributed by atoms with E-state index in [1.807, 2.05) is 31.2 Å². The van der Waals surface area contributed by atoms with Crippen molar-refractivity contribution in [2.24, 2.45) is 0 Å². The number of carbonyl (C=O) groups is 1.